The van der Waals surface area contributed by atoms with Crippen LogP contribution < -0.4 is 9.62 Å². The molecule has 0 aliphatic heterocycles. The van der Waals surface area contributed by atoms with Gasteiger partial charge in [0.25, 0.3) is 10.0 Å². The molecule has 1 N–H and O–H groups in total. The van der Waals surface area contributed by atoms with E-state index < -0.39 is 28.5 Å². The molecular weight excluding hydrogens is 570 g/mol. The summed E-state index contributed by atoms with van der Waals surface area (Å²) in [5.41, 5.74) is 4.95. The van der Waals surface area contributed by atoms with Gasteiger partial charge in [-0.3, -0.25) is 13.9 Å². The van der Waals surface area contributed by atoms with Crippen molar-refractivity contribution in [3.05, 3.63) is 131 Å². The average Bonchev–Trinajstić information content (AvgIpc) is 2.98. The predicted molar refractivity (Wildman–Crippen MR) is 176 cm³/mol. The van der Waals surface area contributed by atoms with Gasteiger partial charge in [0.15, 0.2) is 0 Å². The van der Waals surface area contributed by atoms with Crippen molar-refractivity contribution in [3.8, 4) is 0 Å². The third kappa shape index (κ3) is 8.35. The molecule has 4 rings (SSSR count). The van der Waals surface area contributed by atoms with Gasteiger partial charge in [-0.2, -0.15) is 0 Å². The largest absolute Gasteiger partial charge is 0.352 e. The molecule has 8 heteroatoms. The number of rotatable bonds is 12. The number of nitrogens with one attached hydrogen (secondary N) is 1. The number of aryl methyl sites for hydroxylation is 3. The Balaban J connectivity index is 1.80. The number of hydrogen-bond acceptors (Lipinski definition) is 4. The van der Waals surface area contributed by atoms with Crippen molar-refractivity contribution in [2.45, 2.75) is 64.6 Å². The van der Waals surface area contributed by atoms with Gasteiger partial charge in [-0.05, 0) is 75.6 Å². The monoisotopic (exact) mass is 611 g/mol. The Hall–Kier alpha value is -4.43. The lowest BCUT2D eigenvalue weighted by atomic mass is 10.0. The maximum absolute atomic E-state index is 14.5. The number of hydrogen-bond donors (Lipinski definition) is 1. The number of anilines is 1. The lowest BCUT2D eigenvalue weighted by Gasteiger charge is -2.34. The lowest BCUT2D eigenvalue weighted by Crippen LogP contribution is -2.54. The van der Waals surface area contributed by atoms with Crippen LogP contribution in [0.25, 0.3) is 0 Å². The first-order valence-corrected chi connectivity index (χ1v) is 16.2. The molecule has 0 heterocycles. The molecule has 0 bridgehead atoms. The van der Waals surface area contributed by atoms with Gasteiger partial charge in [-0.25, -0.2) is 8.42 Å². The normalized spacial score (nSPS) is 12.0. The van der Waals surface area contributed by atoms with E-state index in [1.165, 1.54) is 4.90 Å². The van der Waals surface area contributed by atoms with Gasteiger partial charge in [0.05, 0.1) is 10.6 Å². The number of sulfonamides is 1. The van der Waals surface area contributed by atoms with Crippen molar-refractivity contribution in [1.29, 1.82) is 0 Å². The Morgan fingerprint density at radius 2 is 1.34 bits per heavy atom. The van der Waals surface area contributed by atoms with Crippen molar-refractivity contribution in [2.75, 3.05) is 10.8 Å². The third-order valence-corrected chi connectivity index (χ3v) is 9.14. The zero-order chi connectivity index (χ0) is 31.9. The summed E-state index contributed by atoms with van der Waals surface area (Å²) in [6.45, 7) is 9.14. The Kier molecular flexibility index (Phi) is 10.6. The minimum atomic E-state index is -4.13. The van der Waals surface area contributed by atoms with Crippen molar-refractivity contribution >= 4 is 27.5 Å². The molecule has 0 aliphatic rings. The van der Waals surface area contributed by atoms with Gasteiger partial charge >= 0.3 is 0 Å². The quantitative estimate of drug-likeness (QED) is 0.214. The second kappa shape index (κ2) is 14.4. The molecule has 0 saturated heterocycles. The highest BCUT2D eigenvalue weighted by Crippen LogP contribution is 2.26. The Morgan fingerprint density at radius 3 is 1.93 bits per heavy atom. The van der Waals surface area contributed by atoms with Crippen molar-refractivity contribution in [2.24, 2.45) is 0 Å². The number of benzene rings is 4. The summed E-state index contributed by atoms with van der Waals surface area (Å²) in [7, 11) is -4.13. The fourth-order valence-corrected chi connectivity index (χ4v) is 6.38. The Morgan fingerprint density at radius 1 is 0.727 bits per heavy atom. The van der Waals surface area contributed by atoms with Crippen LogP contribution in [0.3, 0.4) is 0 Å². The van der Waals surface area contributed by atoms with Gasteiger partial charge in [-0.15, -0.1) is 0 Å². The lowest BCUT2D eigenvalue weighted by molar-refractivity contribution is -0.140. The van der Waals surface area contributed by atoms with E-state index in [-0.39, 0.29) is 29.8 Å². The highest BCUT2D eigenvalue weighted by molar-refractivity contribution is 7.92. The van der Waals surface area contributed by atoms with Crippen molar-refractivity contribution in [1.82, 2.24) is 10.2 Å². The number of carbonyl (C=O) groups excluding carboxylic acids is 2. The molecule has 0 spiro atoms. The van der Waals surface area contributed by atoms with E-state index in [4.69, 9.17) is 0 Å². The molecule has 0 radical (unpaired) electrons. The minimum absolute atomic E-state index is 0.0841. The van der Waals surface area contributed by atoms with E-state index in [0.29, 0.717) is 5.69 Å². The third-order valence-electron chi connectivity index (χ3n) is 7.35. The highest BCUT2D eigenvalue weighted by Gasteiger charge is 2.34. The molecule has 0 fully saturated rings. The van der Waals surface area contributed by atoms with Crippen LogP contribution in [0.4, 0.5) is 5.69 Å². The smallest absolute Gasteiger partial charge is 0.264 e. The second-order valence-electron chi connectivity index (χ2n) is 11.5. The molecule has 4 aromatic carbocycles. The van der Waals surface area contributed by atoms with Crippen molar-refractivity contribution in [3.63, 3.8) is 0 Å². The molecule has 2 amide bonds. The van der Waals surface area contributed by atoms with Gasteiger partial charge in [0, 0.05) is 19.0 Å². The standard InChI is InChI=1S/C36H41N3O4S/c1-26(2)37-36(41)34(23-30-11-7-6-8-12-30)38(24-31-18-14-27(3)15-19-31)35(40)25-39(32-13-9-10-29(5)22-32)44(42,43)33-20-16-28(4)17-21-33/h6-22,26,34H,23-25H2,1-5H3,(H,37,41). The van der Waals surface area contributed by atoms with E-state index in [1.807, 2.05) is 95.3 Å². The Labute approximate surface area is 261 Å². The molecule has 44 heavy (non-hydrogen) atoms. The van der Waals surface area contributed by atoms with Crippen LogP contribution in [0.15, 0.2) is 108 Å². The summed E-state index contributed by atoms with van der Waals surface area (Å²) >= 11 is 0. The van der Waals surface area contributed by atoms with Crippen LogP contribution in [0.5, 0.6) is 0 Å². The van der Waals surface area contributed by atoms with Crippen LogP contribution in [0.2, 0.25) is 0 Å². The molecule has 1 unspecified atom stereocenters. The van der Waals surface area contributed by atoms with E-state index in [0.717, 1.165) is 32.1 Å². The van der Waals surface area contributed by atoms with Crippen LogP contribution in [0.1, 0.15) is 41.7 Å². The van der Waals surface area contributed by atoms with E-state index in [2.05, 4.69) is 5.32 Å². The van der Waals surface area contributed by atoms with Gasteiger partial charge in [-0.1, -0.05) is 90.0 Å². The summed E-state index contributed by atoms with van der Waals surface area (Å²) < 4.78 is 29.4. The molecule has 4 aromatic rings. The number of nitrogens with zero attached hydrogens (tertiary/aromatic N) is 2. The summed E-state index contributed by atoms with van der Waals surface area (Å²) in [6.07, 6.45) is 0.270. The molecule has 0 aliphatic carbocycles. The average molecular weight is 612 g/mol. The molecule has 1 atom stereocenters. The van der Waals surface area contributed by atoms with Gasteiger partial charge in [0.2, 0.25) is 11.8 Å². The summed E-state index contributed by atoms with van der Waals surface area (Å²) in [6, 6.07) is 29.9. The number of amides is 2. The summed E-state index contributed by atoms with van der Waals surface area (Å²) in [5, 5.41) is 2.98. The predicted octanol–water partition coefficient (Wildman–Crippen LogP) is 5.97. The molecule has 7 nitrogen and oxygen atoms in total. The fourth-order valence-electron chi connectivity index (χ4n) is 4.97. The molecule has 0 saturated carbocycles. The maximum Gasteiger partial charge on any atom is 0.264 e. The maximum atomic E-state index is 14.5. The second-order valence-corrected chi connectivity index (χ2v) is 13.4. The zero-order valence-electron chi connectivity index (χ0n) is 26.0. The van der Waals surface area contributed by atoms with Gasteiger partial charge in [0.1, 0.15) is 12.6 Å². The van der Waals surface area contributed by atoms with E-state index >= 15 is 0 Å². The first kappa shape index (κ1) is 32.5. The summed E-state index contributed by atoms with van der Waals surface area (Å²) in [4.78, 5) is 29.8. The molecular formula is C36H41N3O4S. The van der Waals surface area contributed by atoms with E-state index in [9.17, 15) is 18.0 Å². The Bertz CT molecular complexity index is 1670. The van der Waals surface area contributed by atoms with Gasteiger partial charge < -0.3 is 10.2 Å². The first-order chi connectivity index (χ1) is 20.9. The minimum Gasteiger partial charge on any atom is -0.352 e. The first-order valence-electron chi connectivity index (χ1n) is 14.8. The van der Waals surface area contributed by atoms with Crippen LogP contribution >= 0.6 is 0 Å². The zero-order valence-corrected chi connectivity index (χ0v) is 26.8. The van der Waals surface area contributed by atoms with Crippen LogP contribution in [-0.4, -0.2) is 43.8 Å². The van der Waals surface area contributed by atoms with Crippen LogP contribution in [0, 0.1) is 20.8 Å². The fraction of sp³-hybridized carbons (Fsp3) is 0.278. The molecule has 230 valence electrons. The van der Waals surface area contributed by atoms with E-state index in [1.54, 1.807) is 42.5 Å². The molecule has 0 aromatic heterocycles. The van der Waals surface area contributed by atoms with Crippen molar-refractivity contribution < 1.29 is 18.0 Å². The topological polar surface area (TPSA) is 86.8 Å². The number of carbonyl (C=O) groups is 2. The SMILES string of the molecule is Cc1ccc(CN(C(=O)CN(c2cccc(C)c2)S(=O)(=O)c2ccc(C)cc2)C(Cc2ccccc2)C(=O)NC(C)C)cc1. The highest BCUT2D eigenvalue weighted by atomic mass is 32.2. The van der Waals surface area contributed by atoms with Crippen LogP contribution in [-0.2, 0) is 32.6 Å². The summed E-state index contributed by atoms with van der Waals surface area (Å²) in [5.74, 6) is -0.782.